The second-order valence-electron chi connectivity index (χ2n) is 6.07. The first kappa shape index (κ1) is 14.8. The van der Waals surface area contributed by atoms with Crippen molar-refractivity contribution >= 4 is 0 Å². The van der Waals surface area contributed by atoms with Crippen molar-refractivity contribution in [3.63, 3.8) is 0 Å². The molecule has 3 aromatic rings. The van der Waals surface area contributed by atoms with Gasteiger partial charge >= 0.3 is 0 Å². The molecule has 0 aliphatic carbocycles. The Morgan fingerprint density at radius 3 is 3.04 bits per heavy atom. The molecule has 1 aliphatic rings. The van der Waals surface area contributed by atoms with Crippen LogP contribution in [0.2, 0.25) is 0 Å². The SMILES string of the molecule is Cn1cnc(CN2CCc3nc(-c4cccnc4)[nH]c(=O)c3C2)c1. The minimum Gasteiger partial charge on any atom is -0.340 e. The molecule has 7 nitrogen and oxygen atoms in total. The highest BCUT2D eigenvalue weighted by atomic mass is 16.1. The molecule has 4 heterocycles. The van der Waals surface area contributed by atoms with Gasteiger partial charge in [0.05, 0.1) is 23.3 Å². The van der Waals surface area contributed by atoms with Crippen LogP contribution in [0.1, 0.15) is 17.0 Å². The number of nitrogens with zero attached hydrogens (tertiary/aromatic N) is 5. The summed E-state index contributed by atoms with van der Waals surface area (Å²) in [6.45, 7) is 2.21. The summed E-state index contributed by atoms with van der Waals surface area (Å²) in [7, 11) is 1.95. The quantitative estimate of drug-likeness (QED) is 0.782. The lowest BCUT2D eigenvalue weighted by molar-refractivity contribution is 0.239. The molecule has 0 saturated heterocycles. The Bertz CT molecular complexity index is 914. The summed E-state index contributed by atoms with van der Waals surface area (Å²) >= 11 is 0. The van der Waals surface area contributed by atoms with Crippen LogP contribution in [-0.2, 0) is 26.6 Å². The van der Waals surface area contributed by atoms with E-state index in [1.807, 2.05) is 29.9 Å². The monoisotopic (exact) mass is 322 g/mol. The number of nitrogens with one attached hydrogen (secondary N) is 1. The largest absolute Gasteiger partial charge is 0.340 e. The first-order chi connectivity index (χ1) is 11.7. The number of hydrogen-bond donors (Lipinski definition) is 1. The van der Waals surface area contributed by atoms with Crippen LogP contribution in [0.3, 0.4) is 0 Å². The summed E-state index contributed by atoms with van der Waals surface area (Å²) < 4.78 is 1.93. The lowest BCUT2D eigenvalue weighted by Crippen LogP contribution is -2.35. The molecule has 7 heteroatoms. The minimum atomic E-state index is -0.0652. The smallest absolute Gasteiger partial charge is 0.255 e. The summed E-state index contributed by atoms with van der Waals surface area (Å²) in [6.07, 6.45) is 7.97. The number of rotatable bonds is 3. The van der Waals surface area contributed by atoms with E-state index in [2.05, 4.69) is 24.8 Å². The maximum Gasteiger partial charge on any atom is 0.255 e. The molecule has 3 aromatic heterocycles. The molecule has 24 heavy (non-hydrogen) atoms. The van der Waals surface area contributed by atoms with Crippen molar-refractivity contribution in [3.8, 4) is 11.4 Å². The molecule has 0 aromatic carbocycles. The van der Waals surface area contributed by atoms with Gasteiger partial charge in [-0.15, -0.1) is 0 Å². The Hall–Kier alpha value is -2.80. The topological polar surface area (TPSA) is 79.7 Å². The minimum absolute atomic E-state index is 0.0652. The lowest BCUT2D eigenvalue weighted by Gasteiger charge is -2.27. The number of hydrogen-bond acceptors (Lipinski definition) is 5. The Labute approximate surface area is 139 Å². The van der Waals surface area contributed by atoms with E-state index in [1.54, 1.807) is 18.7 Å². The first-order valence-electron chi connectivity index (χ1n) is 7.91. The third-order valence-electron chi connectivity index (χ3n) is 4.23. The van der Waals surface area contributed by atoms with E-state index < -0.39 is 0 Å². The average Bonchev–Trinajstić information content (AvgIpc) is 3.01. The number of pyridine rings is 1. The average molecular weight is 322 g/mol. The summed E-state index contributed by atoms with van der Waals surface area (Å²) in [6, 6.07) is 3.73. The first-order valence-corrected chi connectivity index (χ1v) is 7.91. The lowest BCUT2D eigenvalue weighted by atomic mass is 10.1. The highest BCUT2D eigenvalue weighted by Gasteiger charge is 2.22. The Kier molecular flexibility index (Phi) is 3.70. The predicted molar refractivity (Wildman–Crippen MR) is 89.1 cm³/mol. The summed E-state index contributed by atoms with van der Waals surface area (Å²) in [5.41, 5.74) is 3.41. The molecule has 0 spiro atoms. The van der Waals surface area contributed by atoms with Gasteiger partial charge in [-0.3, -0.25) is 14.7 Å². The van der Waals surface area contributed by atoms with Gasteiger partial charge in [-0.25, -0.2) is 9.97 Å². The molecule has 1 aliphatic heterocycles. The van der Waals surface area contributed by atoms with Gasteiger partial charge in [0.25, 0.3) is 5.56 Å². The van der Waals surface area contributed by atoms with Crippen LogP contribution in [0.15, 0.2) is 41.8 Å². The zero-order chi connectivity index (χ0) is 16.5. The molecule has 122 valence electrons. The Balaban J connectivity index is 1.59. The van der Waals surface area contributed by atoms with Crippen molar-refractivity contribution in [2.45, 2.75) is 19.5 Å². The molecule has 0 fully saturated rings. The molecule has 4 rings (SSSR count). The zero-order valence-corrected chi connectivity index (χ0v) is 13.4. The third kappa shape index (κ3) is 2.85. The van der Waals surface area contributed by atoms with E-state index in [9.17, 15) is 4.79 Å². The van der Waals surface area contributed by atoms with Crippen LogP contribution in [0.25, 0.3) is 11.4 Å². The van der Waals surface area contributed by atoms with Gasteiger partial charge in [0, 0.05) is 57.3 Å². The summed E-state index contributed by atoms with van der Waals surface area (Å²) in [5.74, 6) is 0.588. The molecule has 0 atom stereocenters. The Morgan fingerprint density at radius 1 is 1.38 bits per heavy atom. The molecule has 0 unspecified atom stereocenters. The molecule has 0 amide bonds. The number of aryl methyl sites for hydroxylation is 1. The highest BCUT2D eigenvalue weighted by Crippen LogP contribution is 2.19. The van der Waals surface area contributed by atoms with Gasteiger partial charge in [-0.1, -0.05) is 0 Å². The number of aromatic amines is 1. The maximum atomic E-state index is 12.5. The number of fused-ring (bicyclic) bond motifs is 1. The van der Waals surface area contributed by atoms with Crippen LogP contribution >= 0.6 is 0 Å². The van der Waals surface area contributed by atoms with Crippen molar-refractivity contribution in [1.29, 1.82) is 0 Å². The maximum absolute atomic E-state index is 12.5. The van der Waals surface area contributed by atoms with Crippen LogP contribution < -0.4 is 5.56 Å². The van der Waals surface area contributed by atoms with Gasteiger partial charge in [0.1, 0.15) is 5.82 Å². The fraction of sp³-hybridized carbons (Fsp3) is 0.294. The Morgan fingerprint density at radius 2 is 2.29 bits per heavy atom. The zero-order valence-electron chi connectivity index (χ0n) is 13.4. The summed E-state index contributed by atoms with van der Waals surface area (Å²) in [5, 5.41) is 0. The summed E-state index contributed by atoms with van der Waals surface area (Å²) in [4.78, 5) is 30.7. The highest BCUT2D eigenvalue weighted by molar-refractivity contribution is 5.53. The third-order valence-corrected chi connectivity index (χ3v) is 4.23. The van der Waals surface area contributed by atoms with E-state index in [0.29, 0.717) is 12.4 Å². The number of imidazole rings is 1. The predicted octanol–water partition coefficient (Wildman–Crippen LogP) is 1.12. The molecular weight excluding hydrogens is 304 g/mol. The standard InChI is InChI=1S/C17H18N6O/c1-22-8-13(19-11-22)9-23-6-4-15-14(10-23)17(24)21-16(20-15)12-3-2-5-18-7-12/h2-3,5,7-8,11H,4,6,9-10H2,1H3,(H,20,21,24). The normalized spacial score (nSPS) is 14.5. The molecular formula is C17H18N6O. The van der Waals surface area contributed by atoms with Crippen LogP contribution in [0.5, 0.6) is 0 Å². The van der Waals surface area contributed by atoms with E-state index in [4.69, 9.17) is 0 Å². The van der Waals surface area contributed by atoms with Crippen molar-refractivity contribution < 1.29 is 0 Å². The van der Waals surface area contributed by atoms with Crippen molar-refractivity contribution in [2.75, 3.05) is 6.54 Å². The van der Waals surface area contributed by atoms with Gasteiger partial charge in [-0.2, -0.15) is 0 Å². The fourth-order valence-electron chi connectivity index (χ4n) is 3.03. The fourth-order valence-corrected chi connectivity index (χ4v) is 3.03. The van der Waals surface area contributed by atoms with Crippen LogP contribution in [-0.4, -0.2) is 35.9 Å². The van der Waals surface area contributed by atoms with E-state index in [1.165, 1.54) is 0 Å². The molecule has 1 N–H and O–H groups in total. The van der Waals surface area contributed by atoms with E-state index in [-0.39, 0.29) is 5.56 Å². The van der Waals surface area contributed by atoms with E-state index in [0.717, 1.165) is 42.0 Å². The second kappa shape index (κ2) is 6.01. The molecule has 0 saturated carbocycles. The molecule has 0 bridgehead atoms. The number of aromatic nitrogens is 5. The van der Waals surface area contributed by atoms with Gasteiger partial charge < -0.3 is 9.55 Å². The van der Waals surface area contributed by atoms with E-state index >= 15 is 0 Å². The van der Waals surface area contributed by atoms with Crippen LogP contribution in [0.4, 0.5) is 0 Å². The van der Waals surface area contributed by atoms with Gasteiger partial charge in [-0.05, 0) is 12.1 Å². The second-order valence-corrected chi connectivity index (χ2v) is 6.07. The van der Waals surface area contributed by atoms with Crippen molar-refractivity contribution in [2.24, 2.45) is 7.05 Å². The molecule has 0 radical (unpaired) electrons. The van der Waals surface area contributed by atoms with Crippen LogP contribution in [0, 0.1) is 0 Å². The van der Waals surface area contributed by atoms with Gasteiger partial charge in [0.2, 0.25) is 0 Å². The number of H-pyrrole nitrogens is 1. The van der Waals surface area contributed by atoms with Crippen molar-refractivity contribution in [1.82, 2.24) is 29.4 Å². The van der Waals surface area contributed by atoms with Crippen molar-refractivity contribution in [3.05, 3.63) is 64.4 Å². The van der Waals surface area contributed by atoms with Gasteiger partial charge in [0.15, 0.2) is 0 Å².